The number of rotatable bonds is 1. The average Bonchev–Trinajstić information content (AvgIpc) is 2.64. The lowest BCUT2D eigenvalue weighted by atomic mass is 10.1. The zero-order chi connectivity index (χ0) is 9.97. The van der Waals surface area contributed by atoms with Gasteiger partial charge in [0.25, 0.3) is 5.91 Å². The van der Waals surface area contributed by atoms with Crippen molar-refractivity contribution in [2.24, 2.45) is 4.99 Å². The Morgan fingerprint density at radius 2 is 2.29 bits per heavy atom. The van der Waals surface area contributed by atoms with Crippen LogP contribution < -0.4 is 0 Å². The van der Waals surface area contributed by atoms with Crippen molar-refractivity contribution in [3.63, 3.8) is 0 Å². The molecule has 0 aliphatic rings. The lowest BCUT2D eigenvalue weighted by molar-refractivity contribution is 0.100. The number of isothiocyanates is 1. The van der Waals surface area contributed by atoms with E-state index in [1.165, 1.54) is 0 Å². The summed E-state index contributed by atoms with van der Waals surface area (Å²) in [5, 5.41) is 5.11. The summed E-state index contributed by atoms with van der Waals surface area (Å²) in [4.78, 5) is 14.7. The van der Waals surface area contributed by atoms with Crippen molar-refractivity contribution in [2.45, 2.75) is 0 Å². The molecule has 4 heteroatoms. The summed E-state index contributed by atoms with van der Waals surface area (Å²) < 4.78 is 1.16. The van der Waals surface area contributed by atoms with Crippen molar-refractivity contribution in [3.8, 4) is 0 Å². The minimum absolute atomic E-state index is 0.340. The Morgan fingerprint density at radius 3 is 3.07 bits per heavy atom. The van der Waals surface area contributed by atoms with Gasteiger partial charge in [0.1, 0.15) is 0 Å². The lowest BCUT2D eigenvalue weighted by Gasteiger charge is -1.93. The Kier molecular flexibility index (Phi) is 2.50. The van der Waals surface area contributed by atoms with Crippen LogP contribution in [0.15, 0.2) is 34.6 Å². The minimum atomic E-state index is -0.340. The van der Waals surface area contributed by atoms with Crippen LogP contribution in [0.2, 0.25) is 0 Å². The number of hydrogen-bond acceptors (Lipinski definition) is 3. The normalized spacial score (nSPS) is 9.71. The van der Waals surface area contributed by atoms with Crippen molar-refractivity contribution in [1.82, 2.24) is 0 Å². The Balaban J connectivity index is 2.53. The van der Waals surface area contributed by atoms with E-state index in [1.807, 2.05) is 23.6 Å². The van der Waals surface area contributed by atoms with Gasteiger partial charge in [-0.3, -0.25) is 4.79 Å². The third kappa shape index (κ3) is 1.63. The highest BCUT2D eigenvalue weighted by molar-refractivity contribution is 7.78. The molecule has 0 aliphatic carbocycles. The first-order chi connectivity index (χ1) is 6.81. The van der Waals surface area contributed by atoms with Crippen molar-refractivity contribution in [2.75, 3.05) is 0 Å². The number of amides is 1. The molecule has 0 fully saturated rings. The Morgan fingerprint density at radius 1 is 1.43 bits per heavy atom. The summed E-state index contributed by atoms with van der Waals surface area (Å²) in [5.74, 6) is -0.340. The van der Waals surface area contributed by atoms with Gasteiger partial charge >= 0.3 is 0 Å². The predicted octanol–water partition coefficient (Wildman–Crippen LogP) is 3.14. The van der Waals surface area contributed by atoms with Crippen LogP contribution in [0.3, 0.4) is 0 Å². The molecule has 14 heavy (non-hydrogen) atoms. The highest BCUT2D eigenvalue weighted by atomic mass is 32.1. The van der Waals surface area contributed by atoms with Crippen LogP contribution in [0.25, 0.3) is 10.1 Å². The first-order valence-corrected chi connectivity index (χ1v) is 5.19. The molecule has 0 atom stereocenters. The lowest BCUT2D eigenvalue weighted by Crippen LogP contribution is -1.92. The zero-order valence-electron chi connectivity index (χ0n) is 7.06. The average molecular weight is 219 g/mol. The fraction of sp³-hybridized carbons (Fsp3) is 0. The van der Waals surface area contributed by atoms with Gasteiger partial charge in [0.05, 0.1) is 5.16 Å². The highest BCUT2D eigenvalue weighted by Gasteiger charge is 2.04. The minimum Gasteiger partial charge on any atom is -0.266 e. The van der Waals surface area contributed by atoms with Crippen molar-refractivity contribution >= 4 is 44.7 Å². The largest absolute Gasteiger partial charge is 0.285 e. The second kappa shape index (κ2) is 3.80. The Hall–Kier alpha value is -1.35. The summed E-state index contributed by atoms with van der Waals surface area (Å²) in [6, 6.07) is 7.44. The van der Waals surface area contributed by atoms with E-state index in [-0.39, 0.29) is 5.91 Å². The molecule has 1 aromatic carbocycles. The topological polar surface area (TPSA) is 29.4 Å². The van der Waals surface area contributed by atoms with Gasteiger partial charge in [-0.05, 0) is 47.2 Å². The number of thiophene rings is 1. The van der Waals surface area contributed by atoms with Gasteiger partial charge in [-0.25, -0.2) is 0 Å². The van der Waals surface area contributed by atoms with Gasteiger partial charge in [0.2, 0.25) is 0 Å². The molecule has 1 amide bonds. The quantitative estimate of drug-likeness (QED) is 0.544. The van der Waals surface area contributed by atoms with Gasteiger partial charge in [-0.2, -0.15) is 4.99 Å². The number of fused-ring (bicyclic) bond motifs is 1. The number of carbonyl (C=O) groups excluding carboxylic acids is 1. The molecule has 2 rings (SSSR count). The summed E-state index contributed by atoms with van der Waals surface area (Å²) in [6.45, 7) is 0. The van der Waals surface area contributed by atoms with Crippen LogP contribution in [0.4, 0.5) is 0 Å². The summed E-state index contributed by atoms with van der Waals surface area (Å²) in [7, 11) is 0. The summed E-state index contributed by atoms with van der Waals surface area (Å²) >= 11 is 6.01. The van der Waals surface area contributed by atoms with Gasteiger partial charge in [0, 0.05) is 10.3 Å². The number of carbonyl (C=O) groups is 1. The predicted molar refractivity (Wildman–Crippen MR) is 61.2 cm³/mol. The van der Waals surface area contributed by atoms with Crippen LogP contribution in [0, 0.1) is 0 Å². The van der Waals surface area contributed by atoms with Gasteiger partial charge < -0.3 is 0 Å². The van der Waals surface area contributed by atoms with E-state index in [9.17, 15) is 4.79 Å². The molecule has 0 spiro atoms. The molecule has 2 nitrogen and oxygen atoms in total. The molecular weight excluding hydrogens is 214 g/mol. The number of aliphatic imine (C=N–C) groups is 1. The Labute approximate surface area is 89.9 Å². The first-order valence-electron chi connectivity index (χ1n) is 3.91. The summed E-state index contributed by atoms with van der Waals surface area (Å²) in [6.07, 6.45) is 0. The van der Waals surface area contributed by atoms with Crippen LogP contribution in [-0.2, 0) is 0 Å². The number of benzene rings is 1. The van der Waals surface area contributed by atoms with E-state index >= 15 is 0 Å². The van der Waals surface area contributed by atoms with E-state index in [0.717, 1.165) is 10.1 Å². The molecule has 0 aliphatic heterocycles. The molecule has 68 valence electrons. The van der Waals surface area contributed by atoms with Crippen LogP contribution in [0.1, 0.15) is 10.4 Å². The number of hydrogen-bond donors (Lipinski definition) is 0. The smallest absolute Gasteiger partial charge is 0.266 e. The molecule has 0 saturated heterocycles. The molecule has 0 bridgehead atoms. The van der Waals surface area contributed by atoms with Crippen LogP contribution in [0.5, 0.6) is 0 Å². The van der Waals surface area contributed by atoms with E-state index in [2.05, 4.69) is 22.4 Å². The second-order valence-electron chi connectivity index (χ2n) is 2.68. The maximum atomic E-state index is 11.3. The zero-order valence-corrected chi connectivity index (χ0v) is 8.69. The van der Waals surface area contributed by atoms with Gasteiger partial charge in [0.15, 0.2) is 0 Å². The van der Waals surface area contributed by atoms with Crippen molar-refractivity contribution in [1.29, 1.82) is 0 Å². The molecule has 0 unspecified atom stereocenters. The standard InChI is InChI=1S/C10H5NOS2/c12-10(11-6-13)8-1-2-9-7(5-8)3-4-14-9/h1-5H. The molecule has 0 N–H and O–H groups in total. The van der Waals surface area contributed by atoms with Crippen LogP contribution in [-0.4, -0.2) is 11.1 Å². The maximum absolute atomic E-state index is 11.3. The SMILES string of the molecule is O=C(N=C=S)c1ccc2sccc2c1. The van der Waals surface area contributed by atoms with E-state index in [1.54, 1.807) is 17.4 Å². The molecule has 0 radical (unpaired) electrons. The molecule has 1 heterocycles. The van der Waals surface area contributed by atoms with Crippen LogP contribution >= 0.6 is 23.6 Å². The molecular formula is C10H5NOS2. The third-order valence-electron chi connectivity index (χ3n) is 1.85. The van der Waals surface area contributed by atoms with Gasteiger partial charge in [-0.15, -0.1) is 11.3 Å². The van der Waals surface area contributed by atoms with Gasteiger partial charge in [-0.1, -0.05) is 0 Å². The Bertz CT molecular complexity index is 538. The monoisotopic (exact) mass is 219 g/mol. The van der Waals surface area contributed by atoms with E-state index in [0.29, 0.717) is 5.56 Å². The van der Waals surface area contributed by atoms with Crippen molar-refractivity contribution in [3.05, 3.63) is 35.2 Å². The van der Waals surface area contributed by atoms with Crippen molar-refractivity contribution < 1.29 is 4.79 Å². The second-order valence-corrected chi connectivity index (χ2v) is 3.81. The fourth-order valence-corrected chi connectivity index (χ4v) is 2.06. The number of thiocarbonyl (C=S) groups is 1. The molecule has 0 saturated carbocycles. The van der Waals surface area contributed by atoms with E-state index in [4.69, 9.17) is 0 Å². The third-order valence-corrected chi connectivity index (χ3v) is 2.84. The summed E-state index contributed by atoms with van der Waals surface area (Å²) in [5.41, 5.74) is 0.549. The maximum Gasteiger partial charge on any atom is 0.285 e. The number of nitrogens with zero attached hydrogens (tertiary/aromatic N) is 1. The molecule has 1 aromatic heterocycles. The first kappa shape index (κ1) is 9.21. The fourth-order valence-electron chi connectivity index (χ4n) is 1.21. The highest BCUT2D eigenvalue weighted by Crippen LogP contribution is 2.21. The molecule has 2 aromatic rings. The van der Waals surface area contributed by atoms with E-state index < -0.39 is 0 Å².